The number of ether oxygens (including phenoxy) is 4. The lowest BCUT2D eigenvalue weighted by atomic mass is 10.0. The Labute approximate surface area is 174 Å². The molecule has 0 bridgehead atoms. The Balaban J connectivity index is 1.81. The average Bonchev–Trinajstić information content (AvgIpc) is 3.16. The van der Waals surface area contributed by atoms with E-state index in [2.05, 4.69) is 19.5 Å². The number of hydrogen-bond donors (Lipinski definition) is 0. The van der Waals surface area contributed by atoms with E-state index in [0.717, 1.165) is 11.1 Å². The zero-order valence-electron chi connectivity index (χ0n) is 17.8. The Bertz CT molecular complexity index is 916. The Morgan fingerprint density at radius 2 is 1.10 bits per heavy atom. The van der Waals surface area contributed by atoms with Gasteiger partial charge in [-0.15, -0.1) is 0 Å². The molecule has 158 valence electrons. The van der Waals surface area contributed by atoms with E-state index in [1.165, 1.54) is 26.4 Å². The van der Waals surface area contributed by atoms with Crippen LogP contribution in [0.3, 0.4) is 0 Å². The van der Waals surface area contributed by atoms with Gasteiger partial charge in [-0.25, -0.2) is 19.6 Å². The van der Waals surface area contributed by atoms with Gasteiger partial charge in [0.05, 0.1) is 26.4 Å². The topological polar surface area (TPSA) is 95.8 Å². The van der Waals surface area contributed by atoms with Crippen LogP contribution >= 0.6 is 0 Å². The van der Waals surface area contributed by atoms with E-state index in [1.807, 2.05) is 52.0 Å². The zero-order valence-corrected chi connectivity index (χ0v) is 17.8. The molecule has 0 amide bonds. The van der Waals surface area contributed by atoms with E-state index >= 15 is 0 Å². The summed E-state index contributed by atoms with van der Waals surface area (Å²) >= 11 is 0. The molecule has 0 fully saturated rings. The van der Waals surface area contributed by atoms with Gasteiger partial charge in [-0.1, -0.05) is 0 Å². The van der Waals surface area contributed by atoms with Crippen molar-refractivity contribution in [2.24, 2.45) is 9.98 Å². The van der Waals surface area contributed by atoms with Crippen LogP contribution in [0, 0.1) is 0 Å². The molecule has 30 heavy (non-hydrogen) atoms. The summed E-state index contributed by atoms with van der Waals surface area (Å²) in [7, 11) is 2.62. The maximum absolute atomic E-state index is 11.6. The number of nitrogens with zero attached hydrogens (tertiary/aromatic N) is 2. The minimum absolute atomic E-state index is 0.405. The highest BCUT2D eigenvalue weighted by molar-refractivity contribution is 6.01. The largest absolute Gasteiger partial charge is 0.466 e. The molecular formula is C22H24N2O6. The van der Waals surface area contributed by atoms with Gasteiger partial charge < -0.3 is 18.9 Å². The van der Waals surface area contributed by atoms with Crippen LogP contribution in [-0.4, -0.2) is 49.0 Å². The predicted octanol–water partition coefficient (Wildman–Crippen LogP) is 2.91. The summed E-state index contributed by atoms with van der Waals surface area (Å²) in [4.78, 5) is 32.3. The van der Waals surface area contributed by atoms with Gasteiger partial charge in [0.2, 0.25) is 11.8 Å². The Hall–Kier alpha value is -3.42. The lowest BCUT2D eigenvalue weighted by Gasteiger charge is -2.13. The third-order valence-corrected chi connectivity index (χ3v) is 4.66. The molecule has 8 nitrogen and oxygen atoms in total. The van der Waals surface area contributed by atoms with Gasteiger partial charge in [-0.3, -0.25) is 0 Å². The molecule has 0 unspecified atom stereocenters. The van der Waals surface area contributed by atoms with Crippen LogP contribution < -0.4 is 0 Å². The minimum atomic E-state index is -0.682. The summed E-state index contributed by atoms with van der Waals surface area (Å²) in [6.45, 7) is 7.39. The van der Waals surface area contributed by atoms with E-state index in [4.69, 9.17) is 9.47 Å². The third-order valence-electron chi connectivity index (χ3n) is 4.66. The van der Waals surface area contributed by atoms with Crippen molar-refractivity contribution >= 4 is 23.7 Å². The molecule has 0 atom stereocenters. The number of methoxy groups -OCH3 is 2. The summed E-state index contributed by atoms with van der Waals surface area (Å²) < 4.78 is 20.9. The quantitative estimate of drug-likeness (QED) is 0.557. The maximum atomic E-state index is 11.6. The Morgan fingerprint density at radius 1 is 0.767 bits per heavy atom. The number of rotatable bonds is 4. The van der Waals surface area contributed by atoms with Crippen LogP contribution in [-0.2, 0) is 28.5 Å². The number of aliphatic imine (C=N–C) groups is 2. The van der Waals surface area contributed by atoms with Crippen LogP contribution in [0.5, 0.6) is 0 Å². The van der Waals surface area contributed by atoms with E-state index in [1.54, 1.807) is 0 Å². The fourth-order valence-electron chi connectivity index (χ4n) is 2.87. The molecule has 0 spiro atoms. The van der Waals surface area contributed by atoms with Gasteiger partial charge in [0.25, 0.3) is 0 Å². The first-order valence-corrected chi connectivity index (χ1v) is 9.32. The average molecular weight is 412 g/mol. The van der Waals surface area contributed by atoms with Crippen LogP contribution in [0.2, 0.25) is 0 Å². The van der Waals surface area contributed by atoms with Crippen molar-refractivity contribution in [2.45, 2.75) is 38.8 Å². The molecule has 2 aliphatic heterocycles. The molecule has 0 aliphatic carbocycles. The predicted molar refractivity (Wildman–Crippen MR) is 110 cm³/mol. The second-order valence-corrected chi connectivity index (χ2v) is 7.80. The monoisotopic (exact) mass is 412 g/mol. The summed E-state index contributed by atoms with van der Waals surface area (Å²) in [5, 5.41) is 0. The first kappa shape index (κ1) is 21.3. The van der Waals surface area contributed by atoms with Crippen molar-refractivity contribution in [3.8, 4) is 0 Å². The summed E-state index contributed by atoms with van der Waals surface area (Å²) in [6.07, 6.45) is 2.59. The van der Waals surface area contributed by atoms with Gasteiger partial charge >= 0.3 is 11.9 Å². The van der Waals surface area contributed by atoms with E-state index in [9.17, 15) is 9.59 Å². The maximum Gasteiger partial charge on any atom is 0.333 e. The van der Waals surface area contributed by atoms with Crippen molar-refractivity contribution in [3.63, 3.8) is 0 Å². The molecule has 1 aromatic carbocycles. The fraction of sp³-hybridized carbons (Fsp3) is 0.364. The molecule has 0 saturated carbocycles. The highest BCUT2D eigenvalue weighted by Crippen LogP contribution is 2.33. The molecule has 0 N–H and O–H groups in total. The normalized spacial score (nSPS) is 21.5. The van der Waals surface area contributed by atoms with Crippen molar-refractivity contribution in [1.29, 1.82) is 0 Å². The van der Waals surface area contributed by atoms with Crippen LogP contribution in [0.25, 0.3) is 0 Å². The van der Waals surface area contributed by atoms with Crippen molar-refractivity contribution in [1.82, 2.24) is 0 Å². The zero-order chi connectivity index (χ0) is 22.1. The van der Waals surface area contributed by atoms with E-state index in [-0.39, 0.29) is 0 Å². The second-order valence-electron chi connectivity index (χ2n) is 7.80. The number of carbonyl (C=O) groups is 2. The van der Waals surface area contributed by atoms with Crippen LogP contribution in [0.4, 0.5) is 0 Å². The summed E-state index contributed by atoms with van der Waals surface area (Å²) in [5.74, 6) is 0.636. The number of hydrogen-bond acceptors (Lipinski definition) is 8. The van der Waals surface area contributed by atoms with Gasteiger partial charge in [0, 0.05) is 11.1 Å². The van der Waals surface area contributed by atoms with Gasteiger partial charge in [-0.05, 0) is 52.0 Å². The minimum Gasteiger partial charge on any atom is -0.466 e. The molecule has 0 aromatic heterocycles. The SMILES string of the molecule is COC(=O)/C=C1\OC(c2ccc(C3=NC(C)(C)/C(=C\C(=O)OC)O3)cc2)=NC1(C)C. The lowest BCUT2D eigenvalue weighted by Crippen LogP contribution is -2.17. The lowest BCUT2D eigenvalue weighted by molar-refractivity contribution is -0.135. The van der Waals surface area contributed by atoms with Crippen LogP contribution in [0.15, 0.2) is 57.9 Å². The molecule has 2 aliphatic rings. The Kier molecular flexibility index (Phi) is 5.52. The molecule has 2 heterocycles. The first-order valence-electron chi connectivity index (χ1n) is 9.32. The van der Waals surface area contributed by atoms with Crippen LogP contribution in [0.1, 0.15) is 38.8 Å². The highest BCUT2D eigenvalue weighted by Gasteiger charge is 2.36. The molecule has 0 saturated heterocycles. The molecular weight excluding hydrogens is 388 g/mol. The van der Waals surface area contributed by atoms with Crippen molar-refractivity contribution in [3.05, 3.63) is 59.1 Å². The molecule has 3 rings (SSSR count). The molecule has 8 heteroatoms. The first-order chi connectivity index (χ1) is 14.1. The Morgan fingerprint density at radius 3 is 1.40 bits per heavy atom. The summed E-state index contributed by atoms with van der Waals surface area (Å²) in [6, 6.07) is 7.30. The molecule has 0 radical (unpaired) electrons. The second kappa shape index (κ2) is 7.78. The standard InChI is InChI=1S/C22H24N2O6/c1-21(2)15(11-17(25)27-5)29-19(23-21)13-7-9-14(10-8-13)20-24-22(3,4)16(30-20)12-18(26)28-6/h7-12H,1-6H3/b15-11-,16-12+. The van der Waals surface area contributed by atoms with Crippen molar-refractivity contribution < 1.29 is 28.5 Å². The smallest absolute Gasteiger partial charge is 0.333 e. The number of esters is 2. The number of carbonyl (C=O) groups excluding carboxylic acids is 2. The summed E-state index contributed by atoms with van der Waals surface area (Å²) in [5.41, 5.74) is 0.114. The fourth-order valence-corrected chi connectivity index (χ4v) is 2.87. The third kappa shape index (κ3) is 4.27. The van der Waals surface area contributed by atoms with Gasteiger partial charge in [0.1, 0.15) is 22.6 Å². The van der Waals surface area contributed by atoms with Gasteiger partial charge in [-0.2, -0.15) is 0 Å². The van der Waals surface area contributed by atoms with E-state index in [0.29, 0.717) is 23.3 Å². The molecule has 1 aromatic rings. The van der Waals surface area contributed by atoms with Gasteiger partial charge in [0.15, 0.2) is 0 Å². The van der Waals surface area contributed by atoms with Crippen molar-refractivity contribution in [2.75, 3.05) is 14.2 Å². The van der Waals surface area contributed by atoms with E-state index < -0.39 is 23.0 Å². The number of benzene rings is 1. The highest BCUT2D eigenvalue weighted by atomic mass is 16.5.